The van der Waals surface area contributed by atoms with E-state index < -0.39 is 0 Å². The Hall–Kier alpha value is -1.73. The van der Waals surface area contributed by atoms with Gasteiger partial charge >= 0.3 is 0 Å². The maximum Gasteiger partial charge on any atom is 0.235 e. The lowest BCUT2D eigenvalue weighted by Gasteiger charge is -2.32. The number of fused-ring (bicyclic) bond motifs is 1. The van der Waals surface area contributed by atoms with Crippen molar-refractivity contribution in [3.05, 3.63) is 23.2 Å². The van der Waals surface area contributed by atoms with E-state index in [4.69, 9.17) is 17.3 Å². The lowest BCUT2D eigenvalue weighted by Crippen LogP contribution is -2.46. The van der Waals surface area contributed by atoms with Gasteiger partial charge in [0.25, 0.3) is 0 Å². The van der Waals surface area contributed by atoms with Gasteiger partial charge in [-0.15, -0.1) is 0 Å². The third kappa shape index (κ3) is 3.67. The van der Waals surface area contributed by atoms with Crippen LogP contribution in [0, 0.1) is 5.92 Å². The summed E-state index contributed by atoms with van der Waals surface area (Å²) in [4.78, 5) is 33.4. The molecule has 2 unspecified atom stereocenters. The summed E-state index contributed by atoms with van der Waals surface area (Å²) in [7, 11) is 0. The second-order valence-electron chi connectivity index (χ2n) is 5.99. The van der Waals surface area contributed by atoms with E-state index in [1.807, 2.05) is 19.1 Å². The zero-order valence-corrected chi connectivity index (χ0v) is 14.9. The first-order valence-corrected chi connectivity index (χ1v) is 9.10. The monoisotopic (exact) mass is 366 g/mol. The number of hydrogen-bond acceptors (Lipinski definition) is 4. The molecule has 2 amide bonds. The number of hydrogen-bond donors (Lipinski definition) is 2. The van der Waals surface area contributed by atoms with E-state index in [2.05, 4.69) is 9.97 Å². The summed E-state index contributed by atoms with van der Waals surface area (Å²) >= 11 is 7.34. The summed E-state index contributed by atoms with van der Waals surface area (Å²) in [6.45, 7) is 2.93. The standard InChI is InChI=1S/C16H19ClN4O2S/c1-9(15(23)21-6-2-3-10(8-21)14(18)22)24-16-19-12-5-4-11(17)7-13(12)20-16/h4-5,7,9-10H,2-3,6,8H2,1H3,(H2,18,22)(H,19,20). The van der Waals surface area contributed by atoms with E-state index >= 15 is 0 Å². The lowest BCUT2D eigenvalue weighted by molar-refractivity contribution is -0.134. The summed E-state index contributed by atoms with van der Waals surface area (Å²) in [5.74, 6) is -0.570. The summed E-state index contributed by atoms with van der Waals surface area (Å²) < 4.78 is 0. The van der Waals surface area contributed by atoms with Crippen molar-refractivity contribution in [1.82, 2.24) is 14.9 Å². The van der Waals surface area contributed by atoms with Crippen LogP contribution in [0.1, 0.15) is 19.8 Å². The van der Waals surface area contributed by atoms with Gasteiger partial charge in [-0.1, -0.05) is 23.4 Å². The Balaban J connectivity index is 1.67. The Morgan fingerprint density at radius 3 is 3.04 bits per heavy atom. The highest BCUT2D eigenvalue weighted by Crippen LogP contribution is 2.27. The maximum absolute atomic E-state index is 12.6. The molecule has 3 rings (SSSR count). The second-order valence-corrected chi connectivity index (χ2v) is 7.76. The number of piperidine rings is 1. The highest BCUT2D eigenvalue weighted by Gasteiger charge is 2.30. The van der Waals surface area contributed by atoms with Crippen molar-refractivity contribution in [2.75, 3.05) is 13.1 Å². The molecule has 1 fully saturated rings. The van der Waals surface area contributed by atoms with Gasteiger partial charge in [0.05, 0.1) is 22.2 Å². The van der Waals surface area contributed by atoms with Gasteiger partial charge in [0.1, 0.15) is 0 Å². The first-order chi connectivity index (χ1) is 11.4. The highest BCUT2D eigenvalue weighted by molar-refractivity contribution is 8.00. The van der Waals surface area contributed by atoms with Crippen molar-refractivity contribution in [1.29, 1.82) is 0 Å². The summed E-state index contributed by atoms with van der Waals surface area (Å²) in [5, 5.41) is 1.02. The smallest absolute Gasteiger partial charge is 0.235 e. The van der Waals surface area contributed by atoms with E-state index in [0.717, 1.165) is 23.9 Å². The number of imidazole rings is 1. The van der Waals surface area contributed by atoms with Gasteiger partial charge in [0.2, 0.25) is 11.8 Å². The van der Waals surface area contributed by atoms with Crippen LogP contribution in [0.25, 0.3) is 11.0 Å². The molecule has 1 saturated heterocycles. The van der Waals surface area contributed by atoms with Gasteiger partial charge in [0, 0.05) is 18.1 Å². The van der Waals surface area contributed by atoms with Gasteiger partial charge < -0.3 is 15.6 Å². The van der Waals surface area contributed by atoms with Gasteiger partial charge in [0.15, 0.2) is 5.16 Å². The number of aromatic nitrogens is 2. The molecule has 24 heavy (non-hydrogen) atoms. The molecule has 2 heterocycles. The van der Waals surface area contributed by atoms with Crippen LogP contribution in [0.15, 0.2) is 23.4 Å². The third-order valence-electron chi connectivity index (χ3n) is 4.19. The first-order valence-electron chi connectivity index (χ1n) is 7.84. The summed E-state index contributed by atoms with van der Waals surface area (Å²) in [5.41, 5.74) is 7.03. The minimum atomic E-state index is -0.332. The minimum absolute atomic E-state index is 0.00411. The number of primary amides is 1. The number of carbonyl (C=O) groups is 2. The quantitative estimate of drug-likeness (QED) is 0.813. The largest absolute Gasteiger partial charge is 0.369 e. The molecule has 128 valence electrons. The van der Waals surface area contributed by atoms with Crippen molar-refractivity contribution in [2.45, 2.75) is 30.2 Å². The van der Waals surface area contributed by atoms with E-state index in [1.165, 1.54) is 11.8 Å². The minimum Gasteiger partial charge on any atom is -0.369 e. The molecular formula is C16H19ClN4O2S. The number of nitrogens with two attached hydrogens (primary N) is 1. The fourth-order valence-corrected chi connectivity index (χ4v) is 3.98. The Morgan fingerprint density at radius 2 is 2.29 bits per heavy atom. The van der Waals surface area contributed by atoms with Gasteiger partial charge in [-0.05, 0) is 38.0 Å². The Morgan fingerprint density at radius 1 is 1.50 bits per heavy atom. The van der Waals surface area contributed by atoms with Gasteiger partial charge in [-0.3, -0.25) is 9.59 Å². The third-order valence-corrected chi connectivity index (χ3v) is 5.40. The molecule has 0 radical (unpaired) electrons. The topological polar surface area (TPSA) is 92.1 Å². The number of rotatable bonds is 4. The molecule has 2 aromatic rings. The van der Waals surface area contributed by atoms with Crippen molar-refractivity contribution in [3.63, 3.8) is 0 Å². The van der Waals surface area contributed by atoms with Crippen LogP contribution in [-0.4, -0.2) is 45.0 Å². The molecule has 0 bridgehead atoms. The normalized spacial score (nSPS) is 19.4. The van der Waals surface area contributed by atoms with E-state index in [-0.39, 0.29) is 23.0 Å². The first kappa shape index (κ1) is 17.1. The molecule has 3 N–H and O–H groups in total. The van der Waals surface area contributed by atoms with Crippen LogP contribution in [-0.2, 0) is 9.59 Å². The van der Waals surface area contributed by atoms with Crippen molar-refractivity contribution >= 4 is 46.2 Å². The number of carbonyl (C=O) groups excluding carboxylic acids is 2. The Labute approximate surface area is 149 Å². The van der Waals surface area contributed by atoms with Crippen molar-refractivity contribution < 1.29 is 9.59 Å². The second kappa shape index (κ2) is 7.03. The van der Waals surface area contributed by atoms with E-state index in [1.54, 1.807) is 11.0 Å². The number of nitrogens with one attached hydrogen (secondary N) is 1. The molecule has 1 aromatic heterocycles. The average molecular weight is 367 g/mol. The van der Waals surface area contributed by atoms with Crippen molar-refractivity contribution in [2.24, 2.45) is 11.7 Å². The number of thioether (sulfide) groups is 1. The predicted octanol–water partition coefficient (Wildman–Crippen LogP) is 2.42. The van der Waals surface area contributed by atoms with Gasteiger partial charge in [-0.2, -0.15) is 0 Å². The fourth-order valence-electron chi connectivity index (χ4n) is 2.90. The van der Waals surface area contributed by atoms with Gasteiger partial charge in [-0.25, -0.2) is 4.98 Å². The van der Waals surface area contributed by atoms with Crippen molar-refractivity contribution in [3.8, 4) is 0 Å². The molecule has 0 spiro atoms. The number of H-pyrrole nitrogens is 1. The predicted molar refractivity (Wildman–Crippen MR) is 94.9 cm³/mol. The highest BCUT2D eigenvalue weighted by atomic mass is 35.5. The average Bonchev–Trinajstić information content (AvgIpc) is 2.95. The molecular weight excluding hydrogens is 348 g/mol. The van der Waals surface area contributed by atoms with Crippen LogP contribution < -0.4 is 5.73 Å². The fraction of sp³-hybridized carbons (Fsp3) is 0.438. The lowest BCUT2D eigenvalue weighted by atomic mass is 9.97. The van der Waals surface area contributed by atoms with Crippen LogP contribution in [0.2, 0.25) is 5.02 Å². The van der Waals surface area contributed by atoms with E-state index in [9.17, 15) is 9.59 Å². The summed E-state index contributed by atoms with van der Waals surface area (Å²) in [6, 6.07) is 5.43. The van der Waals surface area contributed by atoms with Crippen LogP contribution in [0.3, 0.4) is 0 Å². The molecule has 8 heteroatoms. The summed E-state index contributed by atoms with van der Waals surface area (Å²) in [6.07, 6.45) is 1.56. The Kier molecular flexibility index (Phi) is 5.01. The Bertz CT molecular complexity index is 779. The maximum atomic E-state index is 12.6. The van der Waals surface area contributed by atoms with Crippen LogP contribution in [0.4, 0.5) is 0 Å². The molecule has 1 aromatic carbocycles. The molecule has 2 atom stereocenters. The van der Waals surface area contributed by atoms with Crippen LogP contribution >= 0.6 is 23.4 Å². The molecule has 0 aliphatic carbocycles. The molecule has 6 nitrogen and oxygen atoms in total. The molecule has 0 saturated carbocycles. The number of likely N-dealkylation sites (tertiary alicyclic amines) is 1. The molecule has 1 aliphatic rings. The van der Waals surface area contributed by atoms with Crippen LogP contribution in [0.5, 0.6) is 0 Å². The number of amides is 2. The SMILES string of the molecule is CC(Sc1nc2ccc(Cl)cc2[nH]1)C(=O)N1CCCC(C(N)=O)C1. The number of nitrogens with zero attached hydrogens (tertiary/aromatic N) is 2. The number of halogens is 1. The van der Waals surface area contributed by atoms with E-state index in [0.29, 0.717) is 23.3 Å². The zero-order chi connectivity index (χ0) is 17.3. The number of benzene rings is 1. The zero-order valence-electron chi connectivity index (χ0n) is 13.3. The molecule has 1 aliphatic heterocycles. The number of aromatic amines is 1.